The van der Waals surface area contributed by atoms with E-state index >= 15 is 0 Å². The second-order valence-electron chi connectivity index (χ2n) is 4.44. The lowest BCUT2D eigenvalue weighted by atomic mass is 9.96. The van der Waals surface area contributed by atoms with Gasteiger partial charge >= 0.3 is 0 Å². The lowest BCUT2D eigenvalue weighted by Crippen LogP contribution is -2.13. The highest BCUT2D eigenvalue weighted by Crippen LogP contribution is 2.24. The summed E-state index contributed by atoms with van der Waals surface area (Å²) in [6.07, 6.45) is 1.50. The second kappa shape index (κ2) is 3.45. The first-order valence-corrected chi connectivity index (χ1v) is 4.80. The van der Waals surface area contributed by atoms with E-state index in [1.807, 2.05) is 26.8 Å². The maximum atomic E-state index is 8.82. The van der Waals surface area contributed by atoms with E-state index in [-0.39, 0.29) is 5.41 Å². The van der Waals surface area contributed by atoms with Gasteiger partial charge in [-0.3, -0.25) is 5.10 Å². The fourth-order valence-electron chi connectivity index (χ4n) is 1.17. The Labute approximate surface area is 92.3 Å². The molecule has 0 amide bonds. The summed E-state index contributed by atoms with van der Waals surface area (Å²) < 4.78 is 5.11. The Bertz CT molecular complexity index is 540. The SMILES string of the molecule is CC(C)(C)c1noc(-c2cn[nH]c2C#N)n1. The summed E-state index contributed by atoms with van der Waals surface area (Å²) in [6.45, 7) is 5.96. The van der Waals surface area contributed by atoms with Crippen LogP contribution in [0.25, 0.3) is 11.5 Å². The van der Waals surface area contributed by atoms with Crippen LogP contribution < -0.4 is 0 Å². The number of rotatable bonds is 1. The highest BCUT2D eigenvalue weighted by atomic mass is 16.5. The van der Waals surface area contributed by atoms with Crippen LogP contribution in [0.15, 0.2) is 10.7 Å². The fourth-order valence-corrected chi connectivity index (χ4v) is 1.17. The molecule has 0 atom stereocenters. The zero-order chi connectivity index (χ0) is 11.8. The summed E-state index contributed by atoms with van der Waals surface area (Å²) in [5.41, 5.74) is 0.674. The molecule has 0 saturated carbocycles. The average Bonchev–Trinajstić information content (AvgIpc) is 2.84. The Hall–Kier alpha value is -2.16. The van der Waals surface area contributed by atoms with Crippen LogP contribution in [0.5, 0.6) is 0 Å². The molecule has 0 aromatic carbocycles. The number of hydrogen-bond donors (Lipinski definition) is 1. The summed E-state index contributed by atoms with van der Waals surface area (Å²) in [5, 5.41) is 19.0. The Kier molecular flexibility index (Phi) is 2.23. The van der Waals surface area contributed by atoms with Crippen LogP contribution >= 0.6 is 0 Å². The van der Waals surface area contributed by atoms with E-state index in [2.05, 4.69) is 20.3 Å². The summed E-state index contributed by atoms with van der Waals surface area (Å²) in [5.74, 6) is 0.919. The summed E-state index contributed by atoms with van der Waals surface area (Å²) in [7, 11) is 0. The van der Waals surface area contributed by atoms with E-state index in [9.17, 15) is 0 Å². The van der Waals surface area contributed by atoms with E-state index in [0.29, 0.717) is 23.0 Å². The molecule has 0 radical (unpaired) electrons. The molecule has 1 N–H and O–H groups in total. The Morgan fingerprint density at radius 2 is 2.19 bits per heavy atom. The van der Waals surface area contributed by atoms with Crippen molar-refractivity contribution in [2.24, 2.45) is 0 Å². The van der Waals surface area contributed by atoms with Crippen molar-refractivity contribution in [1.82, 2.24) is 20.3 Å². The highest BCUT2D eigenvalue weighted by Gasteiger charge is 2.23. The van der Waals surface area contributed by atoms with Gasteiger partial charge in [-0.2, -0.15) is 15.3 Å². The van der Waals surface area contributed by atoms with Gasteiger partial charge in [0.2, 0.25) is 0 Å². The normalized spacial score (nSPS) is 11.4. The third kappa shape index (κ3) is 1.67. The van der Waals surface area contributed by atoms with Crippen molar-refractivity contribution in [2.45, 2.75) is 26.2 Å². The summed E-state index contributed by atoms with van der Waals surface area (Å²) in [6, 6.07) is 1.98. The number of nitrogens with zero attached hydrogens (tertiary/aromatic N) is 4. The van der Waals surface area contributed by atoms with Crippen LogP contribution in [0.1, 0.15) is 32.3 Å². The predicted octanol–water partition coefficient (Wildman–Crippen LogP) is 1.63. The van der Waals surface area contributed by atoms with E-state index in [1.54, 1.807) is 0 Å². The Balaban J connectivity index is 2.44. The fraction of sp³-hybridized carbons (Fsp3) is 0.400. The van der Waals surface area contributed by atoms with Crippen LogP contribution in [-0.2, 0) is 5.41 Å². The largest absolute Gasteiger partial charge is 0.334 e. The molecule has 2 heterocycles. The molecule has 2 aromatic rings. The van der Waals surface area contributed by atoms with Crippen molar-refractivity contribution in [1.29, 1.82) is 5.26 Å². The topological polar surface area (TPSA) is 91.4 Å². The van der Waals surface area contributed by atoms with Crippen LogP contribution in [0.4, 0.5) is 0 Å². The van der Waals surface area contributed by atoms with Gasteiger partial charge in [-0.1, -0.05) is 25.9 Å². The molecule has 6 nitrogen and oxygen atoms in total. The van der Waals surface area contributed by atoms with Gasteiger partial charge in [-0.25, -0.2) is 0 Å². The monoisotopic (exact) mass is 217 g/mol. The van der Waals surface area contributed by atoms with E-state index in [1.165, 1.54) is 6.20 Å². The molecule has 0 aliphatic heterocycles. The van der Waals surface area contributed by atoms with Crippen molar-refractivity contribution in [2.75, 3.05) is 0 Å². The van der Waals surface area contributed by atoms with Crippen molar-refractivity contribution in [3.05, 3.63) is 17.7 Å². The number of H-pyrrole nitrogens is 1. The molecule has 0 spiro atoms. The standard InChI is InChI=1S/C10H11N5O/c1-10(2,3)9-13-8(16-15-9)6-5-12-14-7(6)4-11/h5H,1-3H3,(H,12,14). The molecule has 16 heavy (non-hydrogen) atoms. The highest BCUT2D eigenvalue weighted by molar-refractivity contribution is 5.59. The van der Waals surface area contributed by atoms with Crippen LogP contribution in [0.3, 0.4) is 0 Å². The molecular formula is C10H11N5O. The first-order valence-electron chi connectivity index (χ1n) is 4.80. The van der Waals surface area contributed by atoms with Crippen LogP contribution in [0, 0.1) is 11.3 Å². The van der Waals surface area contributed by atoms with E-state index in [0.717, 1.165) is 0 Å². The molecule has 0 fully saturated rings. The van der Waals surface area contributed by atoms with Gasteiger partial charge < -0.3 is 4.52 Å². The van der Waals surface area contributed by atoms with Gasteiger partial charge in [0.15, 0.2) is 5.82 Å². The van der Waals surface area contributed by atoms with Crippen molar-refractivity contribution in [3.63, 3.8) is 0 Å². The molecule has 2 rings (SSSR count). The molecular weight excluding hydrogens is 206 g/mol. The molecule has 2 aromatic heterocycles. The number of aromatic amines is 1. The minimum absolute atomic E-state index is 0.182. The van der Waals surface area contributed by atoms with Gasteiger partial charge in [0, 0.05) is 5.41 Å². The van der Waals surface area contributed by atoms with Crippen molar-refractivity contribution < 1.29 is 4.52 Å². The Morgan fingerprint density at radius 1 is 1.44 bits per heavy atom. The first-order chi connectivity index (χ1) is 7.52. The average molecular weight is 217 g/mol. The zero-order valence-corrected chi connectivity index (χ0v) is 9.27. The number of hydrogen-bond acceptors (Lipinski definition) is 5. The maximum Gasteiger partial charge on any atom is 0.262 e. The minimum Gasteiger partial charge on any atom is -0.334 e. The molecule has 0 aliphatic carbocycles. The number of aromatic nitrogens is 4. The second-order valence-corrected chi connectivity index (χ2v) is 4.44. The molecule has 0 unspecified atom stereocenters. The lowest BCUT2D eigenvalue weighted by molar-refractivity contribution is 0.402. The lowest BCUT2D eigenvalue weighted by Gasteiger charge is -2.10. The summed E-state index contributed by atoms with van der Waals surface area (Å²) >= 11 is 0. The van der Waals surface area contributed by atoms with Crippen molar-refractivity contribution in [3.8, 4) is 17.5 Å². The smallest absolute Gasteiger partial charge is 0.262 e. The first kappa shape index (κ1) is 10.4. The quantitative estimate of drug-likeness (QED) is 0.783. The number of nitrogens with one attached hydrogen (secondary N) is 1. The van der Waals surface area contributed by atoms with Gasteiger partial charge in [-0.05, 0) is 0 Å². The number of nitriles is 1. The molecule has 0 aliphatic rings. The van der Waals surface area contributed by atoms with E-state index in [4.69, 9.17) is 9.78 Å². The van der Waals surface area contributed by atoms with Crippen molar-refractivity contribution >= 4 is 0 Å². The third-order valence-corrected chi connectivity index (χ3v) is 2.08. The molecule has 0 saturated heterocycles. The van der Waals surface area contributed by atoms with E-state index < -0.39 is 0 Å². The van der Waals surface area contributed by atoms with Gasteiger partial charge in [-0.15, -0.1) is 0 Å². The third-order valence-electron chi connectivity index (χ3n) is 2.08. The molecule has 0 bridgehead atoms. The predicted molar refractivity (Wildman–Crippen MR) is 55.3 cm³/mol. The van der Waals surface area contributed by atoms with Gasteiger partial charge in [0.05, 0.1) is 11.8 Å². The summed E-state index contributed by atoms with van der Waals surface area (Å²) in [4.78, 5) is 4.24. The zero-order valence-electron chi connectivity index (χ0n) is 9.27. The minimum atomic E-state index is -0.182. The molecule has 6 heteroatoms. The van der Waals surface area contributed by atoms with Crippen LogP contribution in [-0.4, -0.2) is 20.3 Å². The van der Waals surface area contributed by atoms with Gasteiger partial charge in [0.25, 0.3) is 5.89 Å². The Morgan fingerprint density at radius 3 is 2.75 bits per heavy atom. The van der Waals surface area contributed by atoms with Gasteiger partial charge in [0.1, 0.15) is 11.8 Å². The molecule has 82 valence electrons. The maximum absolute atomic E-state index is 8.82. The van der Waals surface area contributed by atoms with Crippen LogP contribution in [0.2, 0.25) is 0 Å².